The first kappa shape index (κ1) is 16.6. The molecule has 0 atom stereocenters. The minimum absolute atomic E-state index is 0.760. The van der Waals surface area contributed by atoms with Crippen LogP contribution in [0.2, 0.25) is 5.02 Å². The predicted molar refractivity (Wildman–Crippen MR) is 112 cm³/mol. The van der Waals surface area contributed by atoms with Gasteiger partial charge in [-0.1, -0.05) is 90.0 Å². The highest BCUT2D eigenvalue weighted by atomic mass is 35.5. The van der Waals surface area contributed by atoms with Crippen molar-refractivity contribution < 1.29 is 0 Å². The molecule has 4 rings (SSSR count). The van der Waals surface area contributed by atoms with E-state index in [4.69, 9.17) is 11.6 Å². The van der Waals surface area contributed by atoms with E-state index in [1.54, 1.807) is 0 Å². The summed E-state index contributed by atoms with van der Waals surface area (Å²) in [6.45, 7) is 2.11. The van der Waals surface area contributed by atoms with Crippen LogP contribution in [0.1, 0.15) is 5.56 Å². The van der Waals surface area contributed by atoms with Gasteiger partial charge in [0.15, 0.2) is 0 Å². The van der Waals surface area contributed by atoms with Crippen LogP contribution in [0.15, 0.2) is 97.1 Å². The molecule has 0 aliphatic carbocycles. The van der Waals surface area contributed by atoms with Gasteiger partial charge in [0, 0.05) is 5.02 Å². The highest BCUT2D eigenvalue weighted by molar-refractivity contribution is 6.30. The van der Waals surface area contributed by atoms with Gasteiger partial charge in [-0.2, -0.15) is 0 Å². The summed E-state index contributed by atoms with van der Waals surface area (Å²) in [5.74, 6) is 0. The van der Waals surface area contributed by atoms with Crippen molar-refractivity contribution in [3.63, 3.8) is 0 Å². The molecule has 0 unspecified atom stereocenters. The molecule has 4 aromatic rings. The summed E-state index contributed by atoms with van der Waals surface area (Å²) >= 11 is 6.01. The van der Waals surface area contributed by atoms with E-state index in [0.717, 1.165) is 5.02 Å². The first-order valence-corrected chi connectivity index (χ1v) is 9.10. The number of rotatable bonds is 3. The van der Waals surface area contributed by atoms with Crippen molar-refractivity contribution in [1.29, 1.82) is 0 Å². The normalized spacial score (nSPS) is 10.7. The van der Waals surface area contributed by atoms with Gasteiger partial charge in [0.2, 0.25) is 0 Å². The molecule has 4 aromatic carbocycles. The van der Waals surface area contributed by atoms with Gasteiger partial charge < -0.3 is 0 Å². The molecule has 0 amide bonds. The van der Waals surface area contributed by atoms with Crippen LogP contribution in [-0.2, 0) is 0 Å². The van der Waals surface area contributed by atoms with Crippen molar-refractivity contribution in [2.75, 3.05) is 0 Å². The maximum Gasteiger partial charge on any atom is 0.0406 e. The van der Waals surface area contributed by atoms with Crippen LogP contribution in [0, 0.1) is 6.92 Å². The van der Waals surface area contributed by atoms with E-state index < -0.39 is 0 Å². The molecule has 0 aliphatic rings. The molecule has 0 spiro atoms. The summed E-state index contributed by atoms with van der Waals surface area (Å²) < 4.78 is 0. The Morgan fingerprint density at radius 2 is 0.846 bits per heavy atom. The highest BCUT2D eigenvalue weighted by Gasteiger charge is 2.04. The van der Waals surface area contributed by atoms with E-state index in [0.29, 0.717) is 0 Å². The van der Waals surface area contributed by atoms with Gasteiger partial charge in [0.25, 0.3) is 0 Å². The molecule has 0 nitrogen and oxygen atoms in total. The van der Waals surface area contributed by atoms with Crippen LogP contribution in [-0.4, -0.2) is 0 Å². The third kappa shape index (κ3) is 3.56. The summed E-state index contributed by atoms with van der Waals surface area (Å²) in [6, 6.07) is 34.0. The fraction of sp³-hybridized carbons (Fsp3) is 0.0400. The fourth-order valence-electron chi connectivity index (χ4n) is 3.14. The summed E-state index contributed by atoms with van der Waals surface area (Å²) in [6.07, 6.45) is 0. The molecule has 0 bridgehead atoms. The third-order valence-corrected chi connectivity index (χ3v) is 4.87. The van der Waals surface area contributed by atoms with Crippen LogP contribution in [0.25, 0.3) is 33.4 Å². The maximum absolute atomic E-state index is 6.01. The predicted octanol–water partition coefficient (Wildman–Crippen LogP) is 7.65. The Morgan fingerprint density at radius 3 is 1.31 bits per heavy atom. The number of hydrogen-bond acceptors (Lipinski definition) is 0. The lowest BCUT2D eigenvalue weighted by Crippen LogP contribution is -1.84. The second-order valence-corrected chi connectivity index (χ2v) is 6.97. The largest absolute Gasteiger partial charge is 0.0843 e. The van der Waals surface area contributed by atoms with Crippen molar-refractivity contribution >= 4 is 11.6 Å². The van der Waals surface area contributed by atoms with Crippen LogP contribution >= 0.6 is 11.6 Å². The molecule has 0 saturated heterocycles. The average Bonchev–Trinajstić information content (AvgIpc) is 2.69. The van der Waals surface area contributed by atoms with Crippen molar-refractivity contribution in [2.24, 2.45) is 0 Å². The molecule has 0 heterocycles. The number of aryl methyl sites for hydroxylation is 1. The molecule has 0 saturated carbocycles. The summed E-state index contributed by atoms with van der Waals surface area (Å²) in [5, 5.41) is 0.760. The third-order valence-electron chi connectivity index (χ3n) is 4.62. The van der Waals surface area contributed by atoms with Gasteiger partial charge in [-0.25, -0.2) is 0 Å². The molecule has 0 aliphatic heterocycles. The minimum atomic E-state index is 0.760. The Kier molecular flexibility index (Phi) is 4.60. The maximum atomic E-state index is 6.01. The molecule has 0 radical (unpaired) electrons. The Labute approximate surface area is 159 Å². The lowest BCUT2D eigenvalue weighted by Gasteiger charge is -2.09. The molecular formula is C25H19Cl. The van der Waals surface area contributed by atoms with Crippen molar-refractivity contribution in [1.82, 2.24) is 0 Å². The molecule has 26 heavy (non-hydrogen) atoms. The fourth-order valence-corrected chi connectivity index (χ4v) is 3.27. The zero-order valence-electron chi connectivity index (χ0n) is 14.6. The van der Waals surface area contributed by atoms with E-state index >= 15 is 0 Å². The zero-order valence-corrected chi connectivity index (χ0v) is 15.4. The first-order valence-electron chi connectivity index (χ1n) is 8.72. The van der Waals surface area contributed by atoms with Gasteiger partial charge in [0.05, 0.1) is 0 Å². The second-order valence-electron chi connectivity index (χ2n) is 6.53. The van der Waals surface area contributed by atoms with Crippen molar-refractivity contribution in [3.8, 4) is 33.4 Å². The van der Waals surface area contributed by atoms with Gasteiger partial charge in [0.1, 0.15) is 0 Å². The highest BCUT2D eigenvalue weighted by Crippen LogP contribution is 2.30. The SMILES string of the molecule is Cc1ccc(-c2cccc(-c3cccc(-c4ccc(Cl)cc4)c3)c2)cc1. The minimum Gasteiger partial charge on any atom is -0.0843 e. The van der Waals surface area contributed by atoms with Gasteiger partial charge >= 0.3 is 0 Å². The Morgan fingerprint density at radius 1 is 0.462 bits per heavy atom. The van der Waals surface area contributed by atoms with Gasteiger partial charge in [-0.3, -0.25) is 0 Å². The lowest BCUT2D eigenvalue weighted by atomic mass is 9.96. The van der Waals surface area contributed by atoms with Crippen LogP contribution < -0.4 is 0 Å². The van der Waals surface area contributed by atoms with E-state index in [-0.39, 0.29) is 0 Å². The lowest BCUT2D eigenvalue weighted by molar-refractivity contribution is 1.47. The molecule has 0 aromatic heterocycles. The Balaban J connectivity index is 1.72. The molecule has 126 valence electrons. The quantitative estimate of drug-likeness (QED) is 0.354. The van der Waals surface area contributed by atoms with Crippen LogP contribution in [0.3, 0.4) is 0 Å². The van der Waals surface area contributed by atoms with E-state index in [2.05, 4.69) is 91.9 Å². The monoisotopic (exact) mass is 354 g/mol. The van der Waals surface area contributed by atoms with Crippen LogP contribution in [0.5, 0.6) is 0 Å². The average molecular weight is 355 g/mol. The second kappa shape index (κ2) is 7.19. The summed E-state index contributed by atoms with van der Waals surface area (Å²) in [7, 11) is 0. The van der Waals surface area contributed by atoms with Crippen LogP contribution in [0.4, 0.5) is 0 Å². The van der Waals surface area contributed by atoms with Crippen molar-refractivity contribution in [3.05, 3.63) is 108 Å². The molecular weight excluding hydrogens is 336 g/mol. The molecule has 0 N–H and O–H groups in total. The standard InChI is InChI=1S/C25H19Cl/c1-18-8-10-19(11-9-18)21-4-2-6-23(16-21)24-7-3-5-22(17-24)20-12-14-25(26)15-13-20/h2-17H,1H3. The summed E-state index contributed by atoms with van der Waals surface area (Å²) in [4.78, 5) is 0. The Hall–Kier alpha value is -2.83. The van der Waals surface area contributed by atoms with Gasteiger partial charge in [-0.05, 0) is 64.6 Å². The van der Waals surface area contributed by atoms with Gasteiger partial charge in [-0.15, -0.1) is 0 Å². The van der Waals surface area contributed by atoms with Crippen molar-refractivity contribution in [2.45, 2.75) is 6.92 Å². The van der Waals surface area contributed by atoms with E-state index in [1.165, 1.54) is 38.9 Å². The summed E-state index contributed by atoms with van der Waals surface area (Å²) in [5.41, 5.74) is 8.56. The smallest absolute Gasteiger partial charge is 0.0406 e. The molecule has 0 fully saturated rings. The first-order chi connectivity index (χ1) is 12.7. The topological polar surface area (TPSA) is 0 Å². The number of benzene rings is 4. The Bertz CT molecular complexity index is 941. The number of halogens is 1. The van der Waals surface area contributed by atoms with E-state index in [1.807, 2.05) is 12.1 Å². The molecule has 1 heteroatoms. The number of hydrogen-bond donors (Lipinski definition) is 0. The van der Waals surface area contributed by atoms with E-state index in [9.17, 15) is 0 Å². The zero-order chi connectivity index (χ0) is 17.9.